The van der Waals surface area contributed by atoms with E-state index >= 15 is 0 Å². The molecule has 0 radical (unpaired) electrons. The highest BCUT2D eigenvalue weighted by molar-refractivity contribution is 5.95. The van der Waals surface area contributed by atoms with Crippen molar-refractivity contribution in [2.45, 2.75) is 39.0 Å². The molecule has 2 N–H and O–H groups in total. The lowest BCUT2D eigenvalue weighted by atomic mass is 10.0. The highest BCUT2D eigenvalue weighted by Crippen LogP contribution is 2.28. The molecule has 2 aliphatic heterocycles. The van der Waals surface area contributed by atoms with Gasteiger partial charge in [0.05, 0.1) is 24.9 Å². The number of carbonyl (C=O) groups excluding carboxylic acids is 2. The third-order valence-electron chi connectivity index (χ3n) is 6.13. The number of aliphatic hydroxyl groups excluding tert-OH is 1. The Hall–Kier alpha value is -3.45. The highest BCUT2D eigenvalue weighted by atomic mass is 19.1. The van der Waals surface area contributed by atoms with Crippen molar-refractivity contribution in [1.29, 1.82) is 0 Å². The average molecular weight is 440 g/mol. The van der Waals surface area contributed by atoms with Gasteiger partial charge in [-0.15, -0.1) is 0 Å². The van der Waals surface area contributed by atoms with Crippen LogP contribution in [0.2, 0.25) is 0 Å². The van der Waals surface area contributed by atoms with Gasteiger partial charge in [-0.3, -0.25) is 9.48 Å². The maximum Gasteiger partial charge on any atom is 0.322 e. The van der Waals surface area contributed by atoms with E-state index in [1.807, 2.05) is 6.92 Å². The fourth-order valence-electron chi connectivity index (χ4n) is 4.32. The Kier molecular flexibility index (Phi) is 5.84. The molecular formula is C22H25FN6O3. The van der Waals surface area contributed by atoms with E-state index in [1.54, 1.807) is 21.5 Å². The highest BCUT2D eigenvalue weighted by Gasteiger charge is 2.36. The molecule has 4 rings (SSSR count). The van der Waals surface area contributed by atoms with Crippen LogP contribution < -0.4 is 5.32 Å². The molecule has 2 atom stereocenters. The number of benzene rings is 1. The molecule has 1 aromatic carbocycles. The van der Waals surface area contributed by atoms with Crippen LogP contribution in [0.1, 0.15) is 35.1 Å². The van der Waals surface area contributed by atoms with E-state index in [2.05, 4.69) is 15.3 Å². The Morgan fingerprint density at radius 1 is 1.44 bits per heavy atom. The molecular weight excluding hydrogens is 415 g/mol. The van der Waals surface area contributed by atoms with Gasteiger partial charge in [0.15, 0.2) is 0 Å². The molecule has 0 saturated carbocycles. The molecule has 1 aromatic heterocycles. The Labute approximate surface area is 185 Å². The maximum absolute atomic E-state index is 13.6. The first-order valence-corrected chi connectivity index (χ1v) is 10.6. The summed E-state index contributed by atoms with van der Waals surface area (Å²) in [6.07, 6.45) is 0.559. The third-order valence-corrected chi connectivity index (χ3v) is 6.13. The molecule has 32 heavy (non-hydrogen) atoms. The van der Waals surface area contributed by atoms with Gasteiger partial charge in [0.2, 0.25) is 5.69 Å². The van der Waals surface area contributed by atoms with E-state index < -0.39 is 18.0 Å². The molecule has 0 spiro atoms. The number of hydrogen-bond donors (Lipinski definition) is 2. The van der Waals surface area contributed by atoms with Gasteiger partial charge in [0, 0.05) is 50.3 Å². The maximum atomic E-state index is 13.6. The van der Waals surface area contributed by atoms with Crippen LogP contribution in [0.3, 0.4) is 0 Å². The first kappa shape index (κ1) is 21.8. The molecule has 2 aliphatic rings. The number of aliphatic hydroxyl groups is 1. The quantitative estimate of drug-likeness (QED) is 0.718. The zero-order valence-electron chi connectivity index (χ0n) is 18.0. The molecule has 0 unspecified atom stereocenters. The van der Waals surface area contributed by atoms with Crippen molar-refractivity contribution in [3.05, 3.63) is 52.4 Å². The largest absolute Gasteiger partial charge is 0.393 e. The van der Waals surface area contributed by atoms with Gasteiger partial charge in [-0.1, -0.05) is 6.92 Å². The van der Waals surface area contributed by atoms with E-state index in [1.165, 1.54) is 12.1 Å². The van der Waals surface area contributed by atoms with Crippen molar-refractivity contribution in [1.82, 2.24) is 19.6 Å². The van der Waals surface area contributed by atoms with Crippen molar-refractivity contribution in [2.24, 2.45) is 5.92 Å². The number of urea groups is 1. The summed E-state index contributed by atoms with van der Waals surface area (Å²) in [5.41, 5.74) is 2.13. The van der Waals surface area contributed by atoms with Crippen LogP contribution in [0.4, 0.5) is 20.6 Å². The van der Waals surface area contributed by atoms with Gasteiger partial charge >= 0.3 is 6.03 Å². The lowest BCUT2D eigenvalue weighted by molar-refractivity contribution is 0.0626. The third kappa shape index (κ3) is 3.91. The van der Waals surface area contributed by atoms with Crippen molar-refractivity contribution in [3.8, 4) is 0 Å². The smallest absolute Gasteiger partial charge is 0.322 e. The Morgan fingerprint density at radius 2 is 2.22 bits per heavy atom. The number of aromatic nitrogens is 2. The van der Waals surface area contributed by atoms with E-state index in [0.29, 0.717) is 43.9 Å². The normalized spacial score (nSPS) is 19.0. The van der Waals surface area contributed by atoms with Crippen LogP contribution >= 0.6 is 0 Å². The second-order valence-electron chi connectivity index (χ2n) is 8.26. The van der Waals surface area contributed by atoms with Crippen LogP contribution in [0.5, 0.6) is 0 Å². The Morgan fingerprint density at radius 3 is 2.94 bits per heavy atom. The predicted molar refractivity (Wildman–Crippen MR) is 115 cm³/mol. The van der Waals surface area contributed by atoms with Crippen LogP contribution in [0.25, 0.3) is 4.85 Å². The van der Waals surface area contributed by atoms with Crippen LogP contribution in [0.15, 0.2) is 18.2 Å². The number of carbonyl (C=O) groups is 2. The second kappa shape index (κ2) is 8.59. The standard InChI is InChI=1S/C22H25FN6O3/c1-4-19(30)13-10-27(3)21(31)20-15-12-28(8-7-17(15)26-29(20)11-13)22(32)25-14-5-6-16(23)18(9-14)24-2/h5-6,9,13,19,30H,4,7-8,10-12H2,1,3H3,(H,25,32)/t13-,19+/m1/s1. The lowest BCUT2D eigenvalue weighted by Crippen LogP contribution is -2.40. The van der Waals surface area contributed by atoms with Crippen molar-refractivity contribution in [3.63, 3.8) is 0 Å². The molecule has 0 bridgehead atoms. The molecule has 2 aromatic rings. The molecule has 0 fully saturated rings. The molecule has 9 nitrogen and oxygen atoms in total. The summed E-state index contributed by atoms with van der Waals surface area (Å²) in [5, 5.41) is 17.7. The number of fused-ring (bicyclic) bond motifs is 3. The molecule has 0 saturated heterocycles. The summed E-state index contributed by atoms with van der Waals surface area (Å²) in [6, 6.07) is 3.44. The van der Waals surface area contributed by atoms with E-state index in [-0.39, 0.29) is 24.1 Å². The molecule has 10 heteroatoms. The summed E-state index contributed by atoms with van der Waals surface area (Å²) >= 11 is 0. The minimum atomic E-state index is -0.641. The zero-order chi connectivity index (χ0) is 23.0. The minimum Gasteiger partial charge on any atom is -0.393 e. The van der Waals surface area contributed by atoms with Crippen molar-refractivity contribution < 1.29 is 19.1 Å². The van der Waals surface area contributed by atoms with E-state index in [0.717, 1.165) is 17.3 Å². The average Bonchev–Trinajstić information content (AvgIpc) is 3.09. The topological polar surface area (TPSA) is 95.1 Å². The van der Waals surface area contributed by atoms with Gasteiger partial charge < -0.3 is 20.2 Å². The van der Waals surface area contributed by atoms with Gasteiger partial charge in [-0.25, -0.2) is 14.0 Å². The summed E-state index contributed by atoms with van der Waals surface area (Å²) in [7, 11) is 1.71. The SMILES string of the molecule is [C-]#[N+]c1cc(NC(=O)N2CCc3nn4c(c3C2)C(=O)N(C)C[C@@H]([C@@H](O)CC)C4)ccc1F. The van der Waals surface area contributed by atoms with E-state index in [4.69, 9.17) is 6.57 Å². The van der Waals surface area contributed by atoms with Crippen LogP contribution in [-0.2, 0) is 19.5 Å². The van der Waals surface area contributed by atoms with Gasteiger partial charge in [0.25, 0.3) is 5.91 Å². The number of nitrogens with one attached hydrogen (secondary N) is 1. The monoisotopic (exact) mass is 440 g/mol. The van der Waals surface area contributed by atoms with Crippen LogP contribution in [-0.4, -0.2) is 62.9 Å². The predicted octanol–water partition coefficient (Wildman–Crippen LogP) is 2.64. The first-order chi connectivity index (χ1) is 15.3. The summed E-state index contributed by atoms with van der Waals surface area (Å²) in [5.74, 6) is -0.935. The van der Waals surface area contributed by atoms with Gasteiger partial charge in [-0.2, -0.15) is 5.10 Å². The number of amides is 3. The summed E-state index contributed by atoms with van der Waals surface area (Å²) in [4.78, 5) is 32.2. The Bertz CT molecular complexity index is 1110. The number of halogens is 1. The van der Waals surface area contributed by atoms with Crippen LogP contribution in [0, 0.1) is 18.3 Å². The Balaban J connectivity index is 1.57. The molecule has 3 amide bonds. The second-order valence-corrected chi connectivity index (χ2v) is 8.26. The fourth-order valence-corrected chi connectivity index (χ4v) is 4.32. The van der Waals surface area contributed by atoms with Gasteiger partial charge in [0.1, 0.15) is 11.5 Å². The lowest BCUT2D eigenvalue weighted by Gasteiger charge is -2.27. The fraction of sp³-hybridized carbons (Fsp3) is 0.455. The first-order valence-electron chi connectivity index (χ1n) is 10.6. The molecule has 168 valence electrons. The van der Waals surface area contributed by atoms with Crippen molar-refractivity contribution >= 4 is 23.3 Å². The number of rotatable bonds is 3. The molecule has 3 heterocycles. The van der Waals surface area contributed by atoms with Gasteiger partial charge in [-0.05, 0) is 24.6 Å². The molecule has 0 aliphatic carbocycles. The zero-order valence-corrected chi connectivity index (χ0v) is 18.0. The number of nitrogens with zero attached hydrogens (tertiary/aromatic N) is 5. The van der Waals surface area contributed by atoms with E-state index in [9.17, 15) is 19.1 Å². The minimum absolute atomic E-state index is 0.119. The number of anilines is 1. The van der Waals surface area contributed by atoms with Crippen molar-refractivity contribution in [2.75, 3.05) is 25.5 Å². The summed E-state index contributed by atoms with van der Waals surface area (Å²) < 4.78 is 15.2. The number of hydrogen-bond acceptors (Lipinski definition) is 4. The summed E-state index contributed by atoms with van der Waals surface area (Å²) in [6.45, 7) is 10.4.